The van der Waals surface area contributed by atoms with Crippen LogP contribution in [-0.2, 0) is 10.3 Å². The summed E-state index contributed by atoms with van der Waals surface area (Å²) in [5.74, 6) is -0.206. The molecule has 2 aliphatic rings. The number of carbonyl (C=O) groups is 2. The van der Waals surface area contributed by atoms with Crippen molar-refractivity contribution in [3.63, 3.8) is 0 Å². The second-order valence-corrected chi connectivity index (χ2v) is 6.24. The summed E-state index contributed by atoms with van der Waals surface area (Å²) in [6, 6.07) is 13.0. The fourth-order valence-corrected chi connectivity index (χ4v) is 3.44. The van der Waals surface area contributed by atoms with Gasteiger partial charge in [-0.05, 0) is 24.3 Å². The molecule has 0 radical (unpaired) electrons. The highest BCUT2D eigenvalue weighted by Crippen LogP contribution is 2.45. The summed E-state index contributed by atoms with van der Waals surface area (Å²) in [7, 11) is 0. The molecule has 0 aliphatic carbocycles. The molecule has 4 nitrogen and oxygen atoms in total. The number of amides is 1. The van der Waals surface area contributed by atoms with Gasteiger partial charge in [0, 0.05) is 33.4 Å². The van der Waals surface area contributed by atoms with Gasteiger partial charge >= 0.3 is 0 Å². The van der Waals surface area contributed by atoms with Crippen molar-refractivity contribution in [2.75, 3.05) is 10.6 Å². The molecule has 21 heavy (non-hydrogen) atoms. The van der Waals surface area contributed by atoms with Crippen LogP contribution in [0.5, 0.6) is 0 Å². The second kappa shape index (κ2) is 4.18. The molecule has 0 bridgehead atoms. The molecule has 1 amide bonds. The smallest absolute Gasteiger partial charge is 0.255 e. The zero-order chi connectivity index (χ0) is 14.6. The molecule has 1 unspecified atom stereocenters. The van der Waals surface area contributed by atoms with Crippen molar-refractivity contribution >= 4 is 39.0 Å². The van der Waals surface area contributed by atoms with Crippen LogP contribution in [0.25, 0.3) is 0 Å². The normalized spacial score (nSPS) is 22.5. The van der Waals surface area contributed by atoms with Crippen molar-refractivity contribution < 1.29 is 9.59 Å². The Labute approximate surface area is 129 Å². The van der Waals surface area contributed by atoms with Crippen LogP contribution in [0.3, 0.4) is 0 Å². The predicted octanol–water partition coefficient (Wildman–Crippen LogP) is 3.30. The monoisotopic (exact) mass is 342 g/mol. The van der Waals surface area contributed by atoms with Gasteiger partial charge in [0.2, 0.25) is 0 Å². The molecule has 0 saturated carbocycles. The average Bonchev–Trinajstić information content (AvgIpc) is 2.73. The first-order valence-electron chi connectivity index (χ1n) is 6.62. The maximum Gasteiger partial charge on any atom is 0.255 e. The number of hydrogen-bond donors (Lipinski definition) is 2. The number of carbonyl (C=O) groups excluding carboxylic acids is 2. The quantitative estimate of drug-likeness (QED) is 0.772. The van der Waals surface area contributed by atoms with E-state index < -0.39 is 5.54 Å². The standard InChI is InChI=1S/C16H11BrN2O2/c17-9-5-6-12-10(7-9)14(20)8-16(19-12)11-3-1-2-4-13(11)18-15(16)21/h1-7,19H,8H2,(H,18,21). The molecule has 0 aromatic heterocycles. The first-order valence-corrected chi connectivity index (χ1v) is 7.41. The topological polar surface area (TPSA) is 58.2 Å². The minimum atomic E-state index is -0.992. The van der Waals surface area contributed by atoms with Gasteiger partial charge in [-0.25, -0.2) is 0 Å². The lowest BCUT2D eigenvalue weighted by Crippen LogP contribution is -2.46. The molecule has 0 fully saturated rings. The van der Waals surface area contributed by atoms with E-state index in [1.165, 1.54) is 0 Å². The number of benzene rings is 2. The summed E-state index contributed by atoms with van der Waals surface area (Å²) < 4.78 is 0.851. The van der Waals surface area contributed by atoms with E-state index in [1.54, 1.807) is 6.07 Å². The zero-order valence-electron chi connectivity index (χ0n) is 10.9. The number of nitrogens with one attached hydrogen (secondary N) is 2. The summed E-state index contributed by atoms with van der Waals surface area (Å²) in [5, 5.41) is 6.14. The van der Waals surface area contributed by atoms with Crippen molar-refractivity contribution in [3.8, 4) is 0 Å². The number of para-hydroxylation sites is 1. The Morgan fingerprint density at radius 3 is 2.71 bits per heavy atom. The molecular weight excluding hydrogens is 332 g/mol. The summed E-state index contributed by atoms with van der Waals surface area (Å²) in [6.45, 7) is 0. The Balaban J connectivity index is 1.90. The summed E-state index contributed by atoms with van der Waals surface area (Å²) in [6.07, 6.45) is 0.124. The Bertz CT molecular complexity index is 803. The molecule has 1 spiro atoms. The minimum Gasteiger partial charge on any atom is -0.367 e. The van der Waals surface area contributed by atoms with E-state index in [0.29, 0.717) is 11.3 Å². The molecule has 2 aromatic carbocycles. The molecule has 2 aliphatic heterocycles. The van der Waals surface area contributed by atoms with Crippen LogP contribution in [0, 0.1) is 0 Å². The van der Waals surface area contributed by atoms with Gasteiger partial charge in [-0.1, -0.05) is 34.1 Å². The lowest BCUT2D eigenvalue weighted by Gasteiger charge is -2.34. The predicted molar refractivity (Wildman–Crippen MR) is 83.5 cm³/mol. The van der Waals surface area contributed by atoms with Gasteiger partial charge in [0.05, 0.1) is 0 Å². The Kier molecular flexibility index (Phi) is 2.50. The third-order valence-corrected chi connectivity index (χ3v) is 4.57. The first kappa shape index (κ1) is 12.6. The molecule has 2 N–H and O–H groups in total. The molecular formula is C16H11BrN2O2. The highest BCUT2D eigenvalue weighted by Gasteiger charge is 2.50. The van der Waals surface area contributed by atoms with Crippen molar-refractivity contribution in [2.24, 2.45) is 0 Å². The van der Waals surface area contributed by atoms with Gasteiger partial charge in [0.25, 0.3) is 5.91 Å². The van der Waals surface area contributed by atoms with E-state index in [-0.39, 0.29) is 18.1 Å². The van der Waals surface area contributed by atoms with Crippen LogP contribution >= 0.6 is 15.9 Å². The summed E-state index contributed by atoms with van der Waals surface area (Å²) >= 11 is 3.37. The van der Waals surface area contributed by atoms with Crippen molar-refractivity contribution in [2.45, 2.75) is 12.0 Å². The van der Waals surface area contributed by atoms with Gasteiger partial charge in [-0.2, -0.15) is 0 Å². The fraction of sp³-hybridized carbons (Fsp3) is 0.125. The Morgan fingerprint density at radius 2 is 1.86 bits per heavy atom. The molecule has 0 saturated heterocycles. The first-order chi connectivity index (χ1) is 10.1. The van der Waals surface area contributed by atoms with Gasteiger partial charge < -0.3 is 10.6 Å². The highest BCUT2D eigenvalue weighted by atomic mass is 79.9. The molecule has 2 aromatic rings. The average molecular weight is 343 g/mol. The van der Waals surface area contributed by atoms with Crippen LogP contribution < -0.4 is 10.6 Å². The molecule has 5 heteroatoms. The van der Waals surface area contributed by atoms with Crippen molar-refractivity contribution in [1.82, 2.24) is 0 Å². The van der Waals surface area contributed by atoms with E-state index in [9.17, 15) is 9.59 Å². The van der Waals surface area contributed by atoms with Crippen LogP contribution in [0.1, 0.15) is 22.3 Å². The van der Waals surface area contributed by atoms with Gasteiger partial charge in [-0.15, -0.1) is 0 Å². The van der Waals surface area contributed by atoms with E-state index in [0.717, 1.165) is 15.7 Å². The number of fused-ring (bicyclic) bond motifs is 3. The summed E-state index contributed by atoms with van der Waals surface area (Å²) in [5.41, 5.74) is 1.92. The van der Waals surface area contributed by atoms with Gasteiger partial charge in [0.15, 0.2) is 11.3 Å². The molecule has 2 heterocycles. The Morgan fingerprint density at radius 1 is 1.05 bits per heavy atom. The molecule has 1 atom stereocenters. The number of halogens is 1. The number of rotatable bonds is 0. The molecule has 104 valence electrons. The lowest BCUT2D eigenvalue weighted by molar-refractivity contribution is -0.120. The summed E-state index contributed by atoms with van der Waals surface area (Å²) in [4.78, 5) is 25.0. The van der Waals surface area contributed by atoms with Crippen LogP contribution in [-0.4, -0.2) is 11.7 Å². The van der Waals surface area contributed by atoms with Gasteiger partial charge in [-0.3, -0.25) is 9.59 Å². The third-order valence-electron chi connectivity index (χ3n) is 4.08. The maximum absolute atomic E-state index is 12.5. The minimum absolute atomic E-state index is 0.0306. The highest BCUT2D eigenvalue weighted by molar-refractivity contribution is 9.10. The number of Topliss-reactive ketones (excluding diaryl/α,β-unsaturated/α-hetero) is 1. The van der Waals surface area contributed by atoms with E-state index in [4.69, 9.17) is 0 Å². The second-order valence-electron chi connectivity index (χ2n) is 5.32. The van der Waals surface area contributed by atoms with E-state index >= 15 is 0 Å². The Hall–Kier alpha value is -2.14. The number of hydrogen-bond acceptors (Lipinski definition) is 3. The van der Waals surface area contributed by atoms with E-state index in [2.05, 4.69) is 26.6 Å². The van der Waals surface area contributed by atoms with Crippen molar-refractivity contribution in [1.29, 1.82) is 0 Å². The number of anilines is 2. The lowest BCUT2D eigenvalue weighted by atomic mass is 9.81. The maximum atomic E-state index is 12.5. The van der Waals surface area contributed by atoms with Crippen LogP contribution in [0.15, 0.2) is 46.9 Å². The van der Waals surface area contributed by atoms with Gasteiger partial charge in [0.1, 0.15) is 0 Å². The largest absolute Gasteiger partial charge is 0.367 e. The fourth-order valence-electron chi connectivity index (χ4n) is 3.08. The van der Waals surface area contributed by atoms with Crippen LogP contribution in [0.4, 0.5) is 11.4 Å². The third kappa shape index (κ3) is 1.67. The van der Waals surface area contributed by atoms with Crippen molar-refractivity contribution in [3.05, 3.63) is 58.1 Å². The van der Waals surface area contributed by atoms with Crippen LogP contribution in [0.2, 0.25) is 0 Å². The SMILES string of the molecule is O=C1CC2(Nc3ccc(Br)cc31)C(=O)Nc1ccccc12. The number of ketones is 1. The zero-order valence-corrected chi connectivity index (χ0v) is 12.5. The molecule has 4 rings (SSSR count). The van der Waals surface area contributed by atoms with E-state index in [1.807, 2.05) is 36.4 Å².